The van der Waals surface area contributed by atoms with Gasteiger partial charge in [-0.1, -0.05) is 52.2 Å². The van der Waals surface area contributed by atoms with Crippen molar-refractivity contribution in [3.63, 3.8) is 0 Å². The summed E-state index contributed by atoms with van der Waals surface area (Å²) in [7, 11) is 0. The molecule has 2 aliphatic heterocycles. The molecule has 4 fully saturated rings. The van der Waals surface area contributed by atoms with E-state index in [-0.39, 0.29) is 12.2 Å². The summed E-state index contributed by atoms with van der Waals surface area (Å²) in [4.78, 5) is 11.1. The van der Waals surface area contributed by atoms with Crippen LogP contribution in [0.3, 0.4) is 0 Å². The highest BCUT2D eigenvalue weighted by Gasteiger charge is 2.40. The van der Waals surface area contributed by atoms with Gasteiger partial charge in [-0.05, 0) is 87.2 Å². The molecule has 0 spiro atoms. The minimum Gasteiger partial charge on any atom is -0.493 e. The number of hydrogen-bond donors (Lipinski definition) is 3. The zero-order valence-electron chi connectivity index (χ0n) is 26.3. The van der Waals surface area contributed by atoms with E-state index in [2.05, 4.69) is 20.8 Å². The molecule has 1 aromatic rings. The number of aliphatic hydroxyl groups excluding tert-OH is 2. The summed E-state index contributed by atoms with van der Waals surface area (Å²) in [6.45, 7) is 10.9. The number of epoxide rings is 2. The molecule has 2 heterocycles. The van der Waals surface area contributed by atoms with E-state index in [4.69, 9.17) is 24.7 Å². The van der Waals surface area contributed by atoms with Gasteiger partial charge in [0.2, 0.25) is 0 Å². The Morgan fingerprint density at radius 3 is 1.81 bits per heavy atom. The molecule has 0 bridgehead atoms. The van der Waals surface area contributed by atoms with Crippen LogP contribution in [0.4, 0.5) is 0 Å². The third-order valence-corrected chi connectivity index (χ3v) is 9.32. The molecule has 42 heavy (non-hydrogen) atoms. The molecule has 240 valence electrons. The first-order valence-corrected chi connectivity index (χ1v) is 16.4. The van der Waals surface area contributed by atoms with E-state index in [1.165, 1.54) is 38.5 Å². The maximum Gasteiger partial charge on any atom is 0.252 e. The second kappa shape index (κ2) is 18.2. The van der Waals surface area contributed by atoms with Gasteiger partial charge in [0.1, 0.15) is 18.0 Å². The van der Waals surface area contributed by atoms with Crippen molar-refractivity contribution >= 4 is 5.91 Å². The molecular weight excluding hydrogens is 534 g/mol. The number of amides is 1. The lowest BCUT2D eigenvalue weighted by molar-refractivity contribution is 0.00233. The highest BCUT2D eigenvalue weighted by atomic mass is 16.6. The van der Waals surface area contributed by atoms with Gasteiger partial charge in [-0.25, -0.2) is 0 Å². The molecule has 1 aromatic carbocycles. The molecule has 0 aromatic heterocycles. The third-order valence-electron chi connectivity index (χ3n) is 9.32. The van der Waals surface area contributed by atoms with E-state index in [9.17, 15) is 15.0 Å². The van der Waals surface area contributed by atoms with Crippen LogP contribution in [0.2, 0.25) is 0 Å². The molecule has 2 atom stereocenters. The average molecular weight is 592 g/mol. The predicted octanol–water partition coefficient (Wildman–Crippen LogP) is 5.66. The van der Waals surface area contributed by atoms with Crippen LogP contribution in [0.25, 0.3) is 0 Å². The Balaban J connectivity index is 0.000000180. The lowest BCUT2D eigenvalue weighted by atomic mass is 9.60. The quantitative estimate of drug-likeness (QED) is 0.200. The van der Waals surface area contributed by atoms with Crippen molar-refractivity contribution in [3.8, 4) is 5.75 Å². The number of para-hydroxylation sites is 1. The van der Waals surface area contributed by atoms with Crippen molar-refractivity contribution in [2.24, 2.45) is 23.0 Å². The highest BCUT2D eigenvalue weighted by molar-refractivity contribution is 5.95. The van der Waals surface area contributed by atoms with Crippen molar-refractivity contribution in [1.82, 2.24) is 0 Å². The van der Waals surface area contributed by atoms with Gasteiger partial charge in [-0.3, -0.25) is 4.79 Å². The van der Waals surface area contributed by atoms with Crippen molar-refractivity contribution < 1.29 is 34.0 Å². The monoisotopic (exact) mass is 591 g/mol. The molecule has 8 heteroatoms. The maximum atomic E-state index is 11.1. The number of ether oxygens (including phenoxy) is 4. The zero-order chi connectivity index (χ0) is 30.4. The SMILES string of the molecule is C(OCC1CO1)C1CO1.CC(C)(C1CCC(O)CC1)C1CCC(O)CC1.CCCCCCOc1ccccc1C(N)=O. The molecule has 0 radical (unpaired) electrons. The molecule has 2 saturated carbocycles. The summed E-state index contributed by atoms with van der Waals surface area (Å²) in [6, 6.07) is 7.08. The summed E-state index contributed by atoms with van der Waals surface area (Å²) in [5.74, 6) is 1.69. The lowest BCUT2D eigenvalue weighted by Crippen LogP contribution is -2.38. The second-order valence-corrected chi connectivity index (χ2v) is 13.0. The number of primary amides is 1. The van der Waals surface area contributed by atoms with Gasteiger partial charge in [0.25, 0.3) is 5.91 Å². The highest BCUT2D eigenvalue weighted by Crippen LogP contribution is 2.48. The molecule has 4 aliphatic rings. The molecule has 2 aliphatic carbocycles. The van der Waals surface area contributed by atoms with Gasteiger partial charge < -0.3 is 34.9 Å². The van der Waals surface area contributed by atoms with Gasteiger partial charge in [0, 0.05) is 0 Å². The van der Waals surface area contributed by atoms with E-state index in [1.54, 1.807) is 18.2 Å². The standard InChI is InChI=1S/C15H28O2.C13H19NO2.C6H10O3/c1-15(2,11-3-7-13(16)8-4-11)12-5-9-14(17)10-6-12;1-2-3-4-7-10-16-12-9-6-5-8-11(12)13(14)15;1(5-3-8-5)7-2-6-4-9-6/h11-14,16-17H,3-10H2,1-2H3;5-6,8-9H,2-4,7,10H2,1H3,(H2,14,15);5-6H,1-4H2. The van der Waals surface area contributed by atoms with E-state index in [1.807, 2.05) is 6.07 Å². The van der Waals surface area contributed by atoms with E-state index in [0.29, 0.717) is 35.5 Å². The largest absolute Gasteiger partial charge is 0.493 e. The van der Waals surface area contributed by atoms with Gasteiger partial charge in [0.15, 0.2) is 0 Å². The Kier molecular flexibility index (Phi) is 15.1. The fraction of sp³-hybridized carbons (Fsp3) is 0.794. The van der Waals surface area contributed by atoms with E-state index < -0.39 is 5.91 Å². The van der Waals surface area contributed by atoms with E-state index >= 15 is 0 Å². The molecular formula is C34H57NO7. The number of unbranched alkanes of at least 4 members (excludes halogenated alkanes) is 3. The summed E-state index contributed by atoms with van der Waals surface area (Å²) in [5.41, 5.74) is 6.09. The number of nitrogens with two attached hydrogens (primary N) is 1. The number of rotatable bonds is 13. The van der Waals surface area contributed by atoms with Crippen LogP contribution in [0, 0.1) is 17.3 Å². The first-order chi connectivity index (χ1) is 20.2. The normalized spacial score (nSPS) is 28.4. The summed E-state index contributed by atoms with van der Waals surface area (Å²) >= 11 is 0. The van der Waals surface area contributed by atoms with E-state index in [0.717, 1.165) is 76.8 Å². The minimum absolute atomic E-state index is 0.0461. The number of hydrogen-bond acceptors (Lipinski definition) is 7. The van der Waals surface area contributed by atoms with Crippen LogP contribution in [0.15, 0.2) is 24.3 Å². The number of carbonyl (C=O) groups is 1. The Bertz CT molecular complexity index is 850. The first kappa shape index (κ1) is 34.8. The Hall–Kier alpha value is -1.71. The molecule has 2 saturated heterocycles. The molecule has 5 rings (SSSR count). The Labute approximate surface area is 253 Å². The fourth-order valence-electron chi connectivity index (χ4n) is 6.14. The Morgan fingerprint density at radius 1 is 0.857 bits per heavy atom. The molecule has 8 nitrogen and oxygen atoms in total. The topological polar surface area (TPSA) is 127 Å². The minimum atomic E-state index is -0.441. The van der Waals surface area contributed by atoms with Gasteiger partial charge >= 0.3 is 0 Å². The van der Waals surface area contributed by atoms with Crippen LogP contribution in [-0.4, -0.2) is 73.6 Å². The zero-order valence-corrected chi connectivity index (χ0v) is 26.3. The second-order valence-electron chi connectivity index (χ2n) is 13.0. The first-order valence-electron chi connectivity index (χ1n) is 16.4. The fourth-order valence-corrected chi connectivity index (χ4v) is 6.14. The van der Waals surface area contributed by atoms with Crippen LogP contribution in [0.1, 0.15) is 108 Å². The van der Waals surface area contributed by atoms with Gasteiger partial charge in [-0.15, -0.1) is 0 Å². The smallest absolute Gasteiger partial charge is 0.252 e. The summed E-state index contributed by atoms with van der Waals surface area (Å²) < 4.78 is 20.7. The van der Waals surface area contributed by atoms with Gasteiger partial charge in [-0.2, -0.15) is 0 Å². The number of aliphatic hydroxyl groups is 2. The third kappa shape index (κ3) is 12.9. The lowest BCUT2D eigenvalue weighted by Gasteiger charge is -2.46. The Morgan fingerprint density at radius 2 is 1.36 bits per heavy atom. The van der Waals surface area contributed by atoms with Crippen LogP contribution in [0.5, 0.6) is 5.75 Å². The summed E-state index contributed by atoms with van der Waals surface area (Å²) in [6.07, 6.45) is 14.0. The number of benzene rings is 1. The predicted molar refractivity (Wildman–Crippen MR) is 165 cm³/mol. The maximum absolute atomic E-state index is 11.1. The average Bonchev–Trinajstić information content (AvgIpc) is 3.91. The number of carbonyl (C=O) groups excluding carboxylic acids is 1. The van der Waals surface area contributed by atoms with Crippen molar-refractivity contribution in [1.29, 1.82) is 0 Å². The van der Waals surface area contributed by atoms with Gasteiger partial charge in [0.05, 0.1) is 50.8 Å². The summed E-state index contributed by atoms with van der Waals surface area (Å²) in [5, 5.41) is 19.2. The van der Waals surface area contributed by atoms with Crippen molar-refractivity contribution in [2.75, 3.05) is 33.0 Å². The van der Waals surface area contributed by atoms with Crippen molar-refractivity contribution in [3.05, 3.63) is 29.8 Å². The molecule has 1 amide bonds. The van der Waals surface area contributed by atoms with Crippen molar-refractivity contribution in [2.45, 2.75) is 122 Å². The molecule has 4 N–H and O–H groups in total. The van der Waals surface area contributed by atoms with Crippen LogP contribution in [-0.2, 0) is 14.2 Å². The van der Waals surface area contributed by atoms with Crippen LogP contribution < -0.4 is 10.5 Å². The molecule has 2 unspecified atom stereocenters. The van der Waals surface area contributed by atoms with Crippen LogP contribution >= 0.6 is 0 Å².